The molecule has 1 aliphatic rings. The molecule has 1 heterocycles. The number of hydrogen-bond acceptors (Lipinski definition) is 3. The van der Waals surface area contributed by atoms with E-state index in [9.17, 15) is 0 Å². The third-order valence-electron chi connectivity index (χ3n) is 3.53. The van der Waals surface area contributed by atoms with Crippen molar-refractivity contribution in [2.24, 2.45) is 5.73 Å². The molecule has 0 amide bonds. The molecule has 0 radical (unpaired) electrons. The van der Waals surface area contributed by atoms with Crippen LogP contribution in [0.3, 0.4) is 0 Å². The van der Waals surface area contributed by atoms with E-state index >= 15 is 0 Å². The van der Waals surface area contributed by atoms with Gasteiger partial charge in [0.05, 0.1) is 0 Å². The number of nitrogens with zero attached hydrogens (tertiary/aromatic N) is 1. The fraction of sp³-hybridized carbons (Fsp3) is 0.462. The van der Waals surface area contributed by atoms with Gasteiger partial charge >= 0.3 is 0 Å². The molecule has 84 valence electrons. The third-order valence-corrected chi connectivity index (χ3v) is 3.53. The molecule has 0 saturated heterocycles. The highest BCUT2D eigenvalue weighted by atomic mass is 16.5. The van der Waals surface area contributed by atoms with Gasteiger partial charge in [-0.25, -0.2) is 0 Å². The molecule has 2 N–H and O–H groups in total. The molecule has 16 heavy (non-hydrogen) atoms. The van der Waals surface area contributed by atoms with Crippen molar-refractivity contribution in [2.45, 2.75) is 38.1 Å². The van der Waals surface area contributed by atoms with E-state index in [0.29, 0.717) is 5.92 Å². The average Bonchev–Trinajstić information content (AvgIpc) is 2.59. The molecule has 0 aliphatic heterocycles. The van der Waals surface area contributed by atoms with Crippen molar-refractivity contribution in [3.05, 3.63) is 29.5 Å². The third kappa shape index (κ3) is 1.43. The van der Waals surface area contributed by atoms with E-state index in [4.69, 9.17) is 10.3 Å². The van der Waals surface area contributed by atoms with Gasteiger partial charge in [0.25, 0.3) is 0 Å². The summed E-state index contributed by atoms with van der Waals surface area (Å²) in [5, 5.41) is 5.30. The molecule has 1 aliphatic carbocycles. The summed E-state index contributed by atoms with van der Waals surface area (Å²) >= 11 is 0. The quantitative estimate of drug-likeness (QED) is 0.839. The van der Waals surface area contributed by atoms with Crippen molar-refractivity contribution in [2.75, 3.05) is 0 Å². The molecule has 1 saturated carbocycles. The summed E-state index contributed by atoms with van der Waals surface area (Å²) in [6, 6.07) is 6.25. The Morgan fingerprint density at radius 2 is 2.25 bits per heavy atom. The highest BCUT2D eigenvalue weighted by molar-refractivity contribution is 5.81. The summed E-state index contributed by atoms with van der Waals surface area (Å²) < 4.78 is 5.46. The van der Waals surface area contributed by atoms with Crippen molar-refractivity contribution < 1.29 is 4.52 Å². The van der Waals surface area contributed by atoms with Crippen LogP contribution >= 0.6 is 0 Å². The second-order valence-corrected chi connectivity index (χ2v) is 4.74. The van der Waals surface area contributed by atoms with Gasteiger partial charge in [0.1, 0.15) is 11.3 Å². The lowest BCUT2D eigenvalue weighted by Gasteiger charge is -2.22. The van der Waals surface area contributed by atoms with E-state index in [2.05, 4.69) is 17.3 Å². The van der Waals surface area contributed by atoms with Crippen LogP contribution in [0.5, 0.6) is 0 Å². The Balaban J connectivity index is 2.07. The van der Waals surface area contributed by atoms with Gasteiger partial charge < -0.3 is 10.3 Å². The SMILES string of the molecule is CC(N)c1ccc2c(C3CCC3)onc2c1. The molecule has 1 fully saturated rings. The first-order valence-corrected chi connectivity index (χ1v) is 5.90. The van der Waals surface area contributed by atoms with Crippen molar-refractivity contribution in [3.63, 3.8) is 0 Å². The minimum atomic E-state index is 0.0493. The topological polar surface area (TPSA) is 52.0 Å². The van der Waals surface area contributed by atoms with Crippen LogP contribution in [0, 0.1) is 0 Å². The Morgan fingerprint density at radius 1 is 1.44 bits per heavy atom. The zero-order valence-electron chi connectivity index (χ0n) is 9.44. The Bertz CT molecular complexity index is 512. The zero-order chi connectivity index (χ0) is 11.1. The van der Waals surface area contributed by atoms with Gasteiger partial charge in [-0.1, -0.05) is 17.6 Å². The second kappa shape index (κ2) is 3.59. The van der Waals surface area contributed by atoms with Crippen LogP contribution < -0.4 is 5.73 Å². The molecule has 3 rings (SSSR count). The van der Waals surface area contributed by atoms with Crippen molar-refractivity contribution in [1.82, 2.24) is 5.16 Å². The van der Waals surface area contributed by atoms with Gasteiger partial charge in [0.2, 0.25) is 0 Å². The minimum absolute atomic E-state index is 0.0493. The van der Waals surface area contributed by atoms with Crippen LogP contribution in [-0.4, -0.2) is 5.16 Å². The Morgan fingerprint density at radius 3 is 2.88 bits per heavy atom. The van der Waals surface area contributed by atoms with Crippen molar-refractivity contribution >= 4 is 10.9 Å². The van der Waals surface area contributed by atoms with Gasteiger partial charge in [-0.05, 0) is 37.5 Å². The standard InChI is InChI=1S/C13H16N2O/c1-8(14)10-5-6-11-12(7-10)15-16-13(11)9-3-2-4-9/h5-9H,2-4,14H2,1H3. The zero-order valence-corrected chi connectivity index (χ0v) is 9.44. The maximum absolute atomic E-state index is 5.85. The highest BCUT2D eigenvalue weighted by Crippen LogP contribution is 2.39. The largest absolute Gasteiger partial charge is 0.360 e. The molecular formula is C13H16N2O. The molecular weight excluding hydrogens is 200 g/mol. The Hall–Kier alpha value is -1.35. The summed E-state index contributed by atoms with van der Waals surface area (Å²) in [7, 11) is 0. The molecule has 1 aromatic heterocycles. The van der Waals surface area contributed by atoms with Gasteiger partial charge in [-0.3, -0.25) is 0 Å². The summed E-state index contributed by atoms with van der Waals surface area (Å²) in [4.78, 5) is 0. The molecule has 1 aromatic carbocycles. The van der Waals surface area contributed by atoms with Crippen molar-refractivity contribution in [3.8, 4) is 0 Å². The van der Waals surface area contributed by atoms with Gasteiger partial charge in [-0.15, -0.1) is 0 Å². The first-order valence-electron chi connectivity index (χ1n) is 5.90. The van der Waals surface area contributed by atoms with E-state index in [1.54, 1.807) is 0 Å². The van der Waals surface area contributed by atoms with E-state index in [1.165, 1.54) is 19.3 Å². The van der Waals surface area contributed by atoms with E-state index < -0.39 is 0 Å². The van der Waals surface area contributed by atoms with E-state index in [1.807, 2.05) is 13.0 Å². The fourth-order valence-corrected chi connectivity index (χ4v) is 2.23. The summed E-state index contributed by atoms with van der Waals surface area (Å²) in [6.45, 7) is 1.98. The molecule has 0 spiro atoms. The maximum atomic E-state index is 5.85. The summed E-state index contributed by atoms with van der Waals surface area (Å²) in [5.41, 5.74) is 7.90. The molecule has 2 aromatic rings. The smallest absolute Gasteiger partial charge is 0.147 e. The van der Waals surface area contributed by atoms with Gasteiger partial charge in [0, 0.05) is 17.3 Å². The Labute approximate surface area is 94.6 Å². The molecule has 1 atom stereocenters. The molecule has 3 nitrogen and oxygen atoms in total. The lowest BCUT2D eigenvalue weighted by molar-refractivity contribution is 0.305. The number of rotatable bonds is 2. The van der Waals surface area contributed by atoms with Crippen LogP contribution in [0.1, 0.15) is 49.5 Å². The van der Waals surface area contributed by atoms with Crippen LogP contribution in [-0.2, 0) is 0 Å². The average molecular weight is 216 g/mol. The number of fused-ring (bicyclic) bond motifs is 1. The van der Waals surface area contributed by atoms with E-state index in [0.717, 1.165) is 22.2 Å². The van der Waals surface area contributed by atoms with Gasteiger partial charge in [-0.2, -0.15) is 0 Å². The minimum Gasteiger partial charge on any atom is -0.360 e. The fourth-order valence-electron chi connectivity index (χ4n) is 2.23. The van der Waals surface area contributed by atoms with Crippen LogP contribution in [0.25, 0.3) is 10.9 Å². The monoisotopic (exact) mass is 216 g/mol. The van der Waals surface area contributed by atoms with Crippen LogP contribution in [0.4, 0.5) is 0 Å². The number of aromatic nitrogens is 1. The highest BCUT2D eigenvalue weighted by Gasteiger charge is 2.25. The maximum Gasteiger partial charge on any atom is 0.147 e. The summed E-state index contributed by atoms with van der Waals surface area (Å²) in [6.07, 6.45) is 3.78. The summed E-state index contributed by atoms with van der Waals surface area (Å²) in [5.74, 6) is 1.66. The number of benzene rings is 1. The van der Waals surface area contributed by atoms with E-state index in [-0.39, 0.29) is 6.04 Å². The predicted molar refractivity (Wildman–Crippen MR) is 63.2 cm³/mol. The van der Waals surface area contributed by atoms with Crippen LogP contribution in [0.2, 0.25) is 0 Å². The number of nitrogens with two attached hydrogens (primary N) is 1. The first kappa shape index (κ1) is 9.85. The Kier molecular flexibility index (Phi) is 2.21. The lowest BCUT2D eigenvalue weighted by Crippen LogP contribution is -2.08. The second-order valence-electron chi connectivity index (χ2n) is 4.74. The normalized spacial score (nSPS) is 18.6. The molecule has 0 bridgehead atoms. The predicted octanol–water partition coefficient (Wildman–Crippen LogP) is 3.12. The number of hydrogen-bond donors (Lipinski definition) is 1. The first-order chi connectivity index (χ1) is 7.75. The van der Waals surface area contributed by atoms with Crippen LogP contribution in [0.15, 0.2) is 22.7 Å². The van der Waals surface area contributed by atoms with Crippen molar-refractivity contribution in [1.29, 1.82) is 0 Å². The molecule has 3 heteroatoms. The van der Waals surface area contributed by atoms with Gasteiger partial charge in [0.15, 0.2) is 0 Å². The lowest BCUT2D eigenvalue weighted by atomic mass is 9.82. The molecule has 1 unspecified atom stereocenters.